The Kier molecular flexibility index (Phi) is 2.52. The van der Waals surface area contributed by atoms with E-state index < -0.39 is 9.52 Å². The maximum atomic E-state index is 13.0. The van der Waals surface area contributed by atoms with E-state index in [9.17, 15) is 8.60 Å². The van der Waals surface area contributed by atoms with Gasteiger partial charge in [-0.25, -0.2) is 4.39 Å². The minimum absolute atomic E-state index is 0.208. The van der Waals surface area contributed by atoms with Crippen LogP contribution >= 0.6 is 0 Å². The molecule has 1 aromatic carbocycles. The minimum atomic E-state index is -2.14. The van der Waals surface area contributed by atoms with Crippen LogP contribution < -0.4 is 0 Å². The zero-order valence-electron chi connectivity index (χ0n) is 6.92. The van der Waals surface area contributed by atoms with Crippen molar-refractivity contribution in [3.8, 4) is 0 Å². The topological polar surface area (TPSA) is 17.1 Å². The van der Waals surface area contributed by atoms with Gasteiger partial charge in [0.1, 0.15) is 5.82 Å². The van der Waals surface area contributed by atoms with Gasteiger partial charge in [0.2, 0.25) is 0 Å². The molecule has 1 nitrogen and oxygen atoms in total. The molecule has 1 atom stereocenters. The third kappa shape index (κ3) is 2.66. The van der Waals surface area contributed by atoms with E-state index in [0.29, 0.717) is 5.56 Å². The van der Waals surface area contributed by atoms with Crippen molar-refractivity contribution in [2.75, 3.05) is 6.26 Å². The molecule has 0 aliphatic carbocycles. The Morgan fingerprint density at radius 2 is 2.08 bits per heavy atom. The van der Waals surface area contributed by atoms with Crippen molar-refractivity contribution >= 4 is 15.4 Å². The Morgan fingerprint density at radius 1 is 1.50 bits per heavy atom. The van der Waals surface area contributed by atoms with Crippen molar-refractivity contribution < 1.29 is 8.60 Å². The smallest absolute Gasteiger partial charge is 0.127 e. The molecule has 0 saturated heterocycles. The summed E-state index contributed by atoms with van der Waals surface area (Å²) in [6.45, 7) is 0. The molecular weight excluding hydrogens is 175 g/mol. The molecule has 0 fully saturated rings. The van der Waals surface area contributed by atoms with Crippen LogP contribution in [-0.2, 0) is 15.3 Å². The zero-order chi connectivity index (χ0) is 9.19. The molecule has 0 spiro atoms. The van der Waals surface area contributed by atoms with E-state index in [0.717, 1.165) is 0 Å². The van der Waals surface area contributed by atoms with Crippen molar-refractivity contribution in [3.63, 3.8) is 0 Å². The lowest BCUT2D eigenvalue weighted by molar-refractivity contribution is 0.615. The highest BCUT2D eigenvalue weighted by Gasteiger charge is 2.03. The number of rotatable bonds is 2. The molecule has 3 heteroatoms. The molecule has 0 radical (unpaired) electrons. The summed E-state index contributed by atoms with van der Waals surface area (Å²) in [5, 5.41) is 0. The van der Waals surface area contributed by atoms with Gasteiger partial charge >= 0.3 is 0 Å². The van der Waals surface area contributed by atoms with Crippen LogP contribution in [0, 0.1) is 5.82 Å². The molecule has 1 unspecified atom stereocenters. The van der Waals surface area contributed by atoms with Crippen LogP contribution in [0.1, 0.15) is 5.56 Å². The fourth-order valence-corrected chi connectivity index (χ4v) is 1.84. The molecule has 0 aliphatic heterocycles. The molecule has 0 bridgehead atoms. The van der Waals surface area contributed by atoms with E-state index in [1.165, 1.54) is 12.3 Å². The highest BCUT2D eigenvalue weighted by molar-refractivity contribution is 7.98. The van der Waals surface area contributed by atoms with Crippen LogP contribution in [0.5, 0.6) is 0 Å². The monoisotopic (exact) mass is 186 g/mol. The summed E-state index contributed by atoms with van der Waals surface area (Å²) in [6.07, 6.45) is 1.53. The summed E-state index contributed by atoms with van der Waals surface area (Å²) in [6, 6.07) is 6.33. The predicted molar refractivity (Wildman–Crippen MR) is 51.3 cm³/mol. The van der Waals surface area contributed by atoms with Crippen molar-refractivity contribution in [2.24, 2.45) is 0 Å². The number of hydrogen-bond acceptors (Lipinski definition) is 1. The second-order valence-corrected chi connectivity index (χ2v) is 5.58. The Hall–Kier alpha value is -0.830. The summed E-state index contributed by atoms with van der Waals surface area (Å²) in [4.78, 5) is 0. The van der Waals surface area contributed by atoms with Gasteiger partial charge in [-0.15, -0.1) is 0 Å². The molecule has 12 heavy (non-hydrogen) atoms. The first-order valence-corrected chi connectivity index (χ1v) is 5.83. The molecular formula is C9H11FOS. The van der Waals surface area contributed by atoms with E-state index in [1.807, 2.05) is 0 Å². The Balaban J connectivity index is 2.98. The second-order valence-electron chi connectivity index (χ2n) is 2.92. The van der Waals surface area contributed by atoms with Gasteiger partial charge in [0.25, 0.3) is 0 Å². The molecule has 1 rings (SSSR count). The van der Waals surface area contributed by atoms with Crippen LogP contribution in [0.15, 0.2) is 24.3 Å². The van der Waals surface area contributed by atoms with Gasteiger partial charge in [-0.05, 0) is 27.0 Å². The normalized spacial score (nSPS) is 15.5. The summed E-state index contributed by atoms with van der Waals surface area (Å²) < 4.78 is 24.2. The number of halogens is 1. The minimum Gasteiger partial charge on any atom is -0.268 e. The Labute approximate surface area is 72.2 Å². The average Bonchev–Trinajstić information content (AvgIpc) is 1.91. The zero-order valence-corrected chi connectivity index (χ0v) is 7.73. The molecule has 0 amide bonds. The molecule has 0 heterocycles. The van der Waals surface area contributed by atoms with Crippen molar-refractivity contribution in [2.45, 2.75) is 5.75 Å². The summed E-state index contributed by atoms with van der Waals surface area (Å²) in [5.41, 5.74) is 0.472. The number of benzene rings is 1. The lowest BCUT2D eigenvalue weighted by Crippen LogP contribution is -2.02. The fraction of sp³-hybridized carbons (Fsp3) is 0.222. The lowest BCUT2D eigenvalue weighted by atomic mass is 10.2. The third-order valence-electron chi connectivity index (χ3n) is 1.42. The standard InChI is InChI=1S/C9H11FOS/c1-12(2,11)7-8-5-3-4-6-9(8)10/h3-6H,1,7H2,2H3. The van der Waals surface area contributed by atoms with Gasteiger partial charge in [-0.3, -0.25) is 4.21 Å². The molecule has 0 N–H and O–H groups in total. The van der Waals surface area contributed by atoms with Crippen molar-refractivity contribution in [1.82, 2.24) is 0 Å². The van der Waals surface area contributed by atoms with E-state index in [2.05, 4.69) is 5.87 Å². The lowest BCUT2D eigenvalue weighted by Gasteiger charge is -2.03. The highest BCUT2D eigenvalue weighted by Crippen LogP contribution is 2.09. The van der Waals surface area contributed by atoms with E-state index in [-0.39, 0.29) is 11.6 Å². The van der Waals surface area contributed by atoms with Crippen molar-refractivity contribution in [3.05, 3.63) is 35.6 Å². The van der Waals surface area contributed by atoms with Crippen LogP contribution in [0.4, 0.5) is 4.39 Å². The summed E-state index contributed by atoms with van der Waals surface area (Å²) in [5.74, 6) is 3.37. The summed E-state index contributed by atoms with van der Waals surface area (Å²) >= 11 is 0. The van der Waals surface area contributed by atoms with E-state index >= 15 is 0 Å². The molecule has 0 aromatic heterocycles. The first kappa shape index (κ1) is 9.26. The first-order chi connectivity index (χ1) is 5.49. The molecule has 1 aromatic rings. The van der Waals surface area contributed by atoms with Gasteiger partial charge in [-0.1, -0.05) is 18.2 Å². The largest absolute Gasteiger partial charge is 0.268 e. The van der Waals surface area contributed by atoms with Crippen molar-refractivity contribution in [1.29, 1.82) is 0 Å². The average molecular weight is 186 g/mol. The fourth-order valence-electron chi connectivity index (χ4n) is 0.944. The number of hydrogen-bond donors (Lipinski definition) is 0. The first-order valence-electron chi connectivity index (χ1n) is 3.52. The van der Waals surface area contributed by atoms with E-state index in [4.69, 9.17) is 0 Å². The molecule has 0 saturated carbocycles. The van der Waals surface area contributed by atoms with Gasteiger partial charge in [-0.2, -0.15) is 0 Å². The van der Waals surface area contributed by atoms with Gasteiger partial charge in [0, 0.05) is 12.0 Å². The van der Waals surface area contributed by atoms with E-state index in [1.54, 1.807) is 18.2 Å². The Bertz CT molecular complexity index is 368. The van der Waals surface area contributed by atoms with Crippen LogP contribution in [-0.4, -0.2) is 16.3 Å². The van der Waals surface area contributed by atoms with Gasteiger partial charge in [0.05, 0.1) is 0 Å². The quantitative estimate of drug-likeness (QED) is 0.642. The molecule has 0 aliphatic rings. The van der Waals surface area contributed by atoms with Gasteiger partial charge < -0.3 is 0 Å². The highest BCUT2D eigenvalue weighted by atomic mass is 32.2. The van der Waals surface area contributed by atoms with Crippen LogP contribution in [0.25, 0.3) is 0 Å². The van der Waals surface area contributed by atoms with Crippen LogP contribution in [0.3, 0.4) is 0 Å². The SMILES string of the molecule is C=S(C)(=O)Cc1ccccc1F. The maximum absolute atomic E-state index is 13.0. The Morgan fingerprint density at radius 3 is 2.58 bits per heavy atom. The van der Waals surface area contributed by atoms with Gasteiger partial charge in [0.15, 0.2) is 0 Å². The third-order valence-corrected chi connectivity index (χ3v) is 2.34. The molecule has 66 valence electrons. The van der Waals surface area contributed by atoms with Crippen LogP contribution in [0.2, 0.25) is 0 Å². The summed E-state index contributed by atoms with van der Waals surface area (Å²) in [7, 11) is -2.14. The predicted octanol–water partition coefficient (Wildman–Crippen LogP) is 1.67. The maximum Gasteiger partial charge on any atom is 0.127 e. The second kappa shape index (κ2) is 3.27.